The van der Waals surface area contributed by atoms with Crippen molar-refractivity contribution >= 4 is 23.3 Å². The van der Waals surface area contributed by atoms with Gasteiger partial charge in [0.1, 0.15) is 12.4 Å². The lowest BCUT2D eigenvalue weighted by molar-refractivity contribution is -0.126. The van der Waals surface area contributed by atoms with Gasteiger partial charge in [-0.1, -0.05) is 18.2 Å². The van der Waals surface area contributed by atoms with Crippen LogP contribution < -0.4 is 10.5 Å². The van der Waals surface area contributed by atoms with Crippen LogP contribution in [0.25, 0.3) is 6.08 Å². The van der Waals surface area contributed by atoms with E-state index in [9.17, 15) is 4.79 Å². The molecule has 2 N–H and O–H groups in total. The summed E-state index contributed by atoms with van der Waals surface area (Å²) in [4.78, 5) is 18.7. The zero-order chi connectivity index (χ0) is 17.6. The second-order valence-electron chi connectivity index (χ2n) is 6.08. The Morgan fingerprint density at radius 1 is 1.48 bits per heavy atom. The number of carbonyl (C=O) groups excluding carboxylic acids is 1. The van der Waals surface area contributed by atoms with Crippen LogP contribution in [0.4, 0.5) is 0 Å². The minimum Gasteiger partial charge on any atom is -0.487 e. The molecular weight excluding hydrogens is 334 g/mol. The highest BCUT2D eigenvalue weighted by Crippen LogP contribution is 2.22. The standard InChI is InChI=1S/C19H23N3O2S/c1-14-21-16(13-25-14)12-24-18-7-3-2-5-15(18)8-9-19(23)22-10-4-6-17(22)11-20/h2-3,5,7-9,13,17H,4,6,10-12,20H2,1H3. The molecule has 1 aromatic carbocycles. The summed E-state index contributed by atoms with van der Waals surface area (Å²) in [6.07, 6.45) is 5.44. The molecule has 6 heteroatoms. The molecule has 1 unspecified atom stereocenters. The summed E-state index contributed by atoms with van der Waals surface area (Å²) in [5.74, 6) is 0.756. The van der Waals surface area contributed by atoms with E-state index in [1.54, 1.807) is 17.4 Å². The molecule has 5 nitrogen and oxygen atoms in total. The number of amides is 1. The smallest absolute Gasteiger partial charge is 0.246 e. The highest BCUT2D eigenvalue weighted by molar-refractivity contribution is 7.09. The summed E-state index contributed by atoms with van der Waals surface area (Å²) in [7, 11) is 0. The first kappa shape index (κ1) is 17.6. The molecule has 0 bridgehead atoms. The number of likely N-dealkylation sites (tertiary alicyclic amines) is 1. The third-order valence-electron chi connectivity index (χ3n) is 4.30. The number of aryl methyl sites for hydroxylation is 1. The predicted molar refractivity (Wildman–Crippen MR) is 100 cm³/mol. The normalized spacial score (nSPS) is 17.4. The Labute approximate surface area is 152 Å². The largest absolute Gasteiger partial charge is 0.487 e. The zero-order valence-corrected chi connectivity index (χ0v) is 15.2. The Morgan fingerprint density at radius 3 is 3.08 bits per heavy atom. The number of aromatic nitrogens is 1. The Morgan fingerprint density at radius 2 is 2.32 bits per heavy atom. The van der Waals surface area contributed by atoms with E-state index in [1.165, 1.54) is 0 Å². The Balaban J connectivity index is 1.66. The van der Waals surface area contributed by atoms with Crippen molar-refractivity contribution in [3.8, 4) is 5.75 Å². The second-order valence-corrected chi connectivity index (χ2v) is 7.14. The lowest BCUT2D eigenvalue weighted by Crippen LogP contribution is -2.38. The van der Waals surface area contributed by atoms with Crippen LogP contribution in [0.5, 0.6) is 5.75 Å². The Kier molecular flexibility index (Phi) is 5.83. The van der Waals surface area contributed by atoms with Crippen molar-refractivity contribution in [1.29, 1.82) is 0 Å². The van der Waals surface area contributed by atoms with E-state index in [2.05, 4.69) is 4.98 Å². The van der Waals surface area contributed by atoms with Crippen LogP contribution >= 0.6 is 11.3 Å². The minimum atomic E-state index is 0.0119. The fraction of sp³-hybridized carbons (Fsp3) is 0.368. The van der Waals surface area contributed by atoms with E-state index >= 15 is 0 Å². The van der Waals surface area contributed by atoms with Crippen molar-refractivity contribution in [1.82, 2.24) is 9.88 Å². The van der Waals surface area contributed by atoms with Crippen molar-refractivity contribution in [2.24, 2.45) is 5.73 Å². The number of benzene rings is 1. The maximum atomic E-state index is 12.4. The van der Waals surface area contributed by atoms with Crippen LogP contribution in [-0.2, 0) is 11.4 Å². The Bertz CT molecular complexity index is 757. The minimum absolute atomic E-state index is 0.0119. The first-order chi connectivity index (χ1) is 12.2. The van der Waals surface area contributed by atoms with Gasteiger partial charge in [0.05, 0.1) is 10.7 Å². The van der Waals surface area contributed by atoms with Crippen LogP contribution in [-0.4, -0.2) is 34.9 Å². The SMILES string of the molecule is Cc1nc(COc2ccccc2C=CC(=O)N2CCCC2CN)cs1. The Hall–Kier alpha value is -2.18. The molecule has 1 aliphatic rings. The number of nitrogens with two attached hydrogens (primary N) is 1. The number of hydrogen-bond acceptors (Lipinski definition) is 5. The molecule has 2 heterocycles. The summed E-state index contributed by atoms with van der Waals surface area (Å²) in [6.45, 7) is 3.70. The maximum Gasteiger partial charge on any atom is 0.246 e. The fourth-order valence-corrected chi connectivity index (χ4v) is 3.60. The molecule has 0 spiro atoms. The predicted octanol–water partition coefficient (Wildman–Crippen LogP) is 2.99. The summed E-state index contributed by atoms with van der Waals surface area (Å²) in [5.41, 5.74) is 7.54. The van der Waals surface area contributed by atoms with Crippen LogP contribution in [0, 0.1) is 6.92 Å². The van der Waals surface area contributed by atoms with Gasteiger partial charge in [0.25, 0.3) is 0 Å². The van der Waals surface area contributed by atoms with Crippen molar-refractivity contribution in [2.75, 3.05) is 13.1 Å². The van der Waals surface area contributed by atoms with Gasteiger partial charge in [-0.2, -0.15) is 0 Å². The number of rotatable bonds is 6. The second kappa shape index (κ2) is 8.27. The van der Waals surface area contributed by atoms with E-state index in [-0.39, 0.29) is 11.9 Å². The van der Waals surface area contributed by atoms with E-state index in [1.807, 2.05) is 47.5 Å². The molecule has 0 radical (unpaired) electrons. The molecule has 1 fully saturated rings. The van der Waals surface area contributed by atoms with Gasteiger partial charge in [-0.05, 0) is 31.9 Å². The first-order valence-corrected chi connectivity index (χ1v) is 9.37. The highest BCUT2D eigenvalue weighted by atomic mass is 32.1. The third kappa shape index (κ3) is 4.46. The molecule has 0 aliphatic carbocycles. The lowest BCUT2D eigenvalue weighted by atomic mass is 10.1. The summed E-state index contributed by atoms with van der Waals surface area (Å²) >= 11 is 1.61. The van der Waals surface area contributed by atoms with Gasteiger partial charge < -0.3 is 15.4 Å². The van der Waals surface area contributed by atoms with Gasteiger partial charge in [-0.15, -0.1) is 11.3 Å². The molecular formula is C19H23N3O2S. The maximum absolute atomic E-state index is 12.4. The number of carbonyl (C=O) groups is 1. The average Bonchev–Trinajstić information content (AvgIpc) is 3.27. The molecule has 1 aromatic heterocycles. The molecule has 1 atom stereocenters. The van der Waals surface area contributed by atoms with Crippen molar-refractivity contribution in [2.45, 2.75) is 32.4 Å². The van der Waals surface area contributed by atoms with Gasteiger partial charge in [0, 0.05) is 36.2 Å². The highest BCUT2D eigenvalue weighted by Gasteiger charge is 2.25. The number of thiazole rings is 1. The van der Waals surface area contributed by atoms with Crippen molar-refractivity contribution in [3.05, 3.63) is 52.0 Å². The van der Waals surface area contributed by atoms with Crippen molar-refractivity contribution in [3.63, 3.8) is 0 Å². The third-order valence-corrected chi connectivity index (χ3v) is 5.12. The molecule has 25 heavy (non-hydrogen) atoms. The van der Waals surface area contributed by atoms with Gasteiger partial charge in [0.2, 0.25) is 5.91 Å². The molecule has 132 valence electrons. The topological polar surface area (TPSA) is 68.5 Å². The summed E-state index contributed by atoms with van der Waals surface area (Å²) in [6, 6.07) is 7.86. The number of nitrogens with zero attached hydrogens (tertiary/aromatic N) is 2. The number of ether oxygens (including phenoxy) is 1. The van der Waals surface area contributed by atoms with Gasteiger partial charge in [-0.3, -0.25) is 4.79 Å². The van der Waals surface area contributed by atoms with Gasteiger partial charge >= 0.3 is 0 Å². The monoisotopic (exact) mass is 357 g/mol. The molecule has 3 rings (SSSR count). The van der Waals surface area contributed by atoms with E-state index in [0.29, 0.717) is 13.2 Å². The lowest BCUT2D eigenvalue weighted by Gasteiger charge is -2.21. The van der Waals surface area contributed by atoms with Crippen LogP contribution in [0.3, 0.4) is 0 Å². The number of hydrogen-bond donors (Lipinski definition) is 1. The molecule has 2 aromatic rings. The summed E-state index contributed by atoms with van der Waals surface area (Å²) < 4.78 is 5.88. The first-order valence-electron chi connectivity index (χ1n) is 8.49. The van der Waals surface area contributed by atoms with E-state index in [0.717, 1.165) is 41.4 Å². The molecule has 1 aliphatic heterocycles. The zero-order valence-electron chi connectivity index (χ0n) is 14.4. The van der Waals surface area contributed by atoms with Crippen molar-refractivity contribution < 1.29 is 9.53 Å². The van der Waals surface area contributed by atoms with Gasteiger partial charge in [-0.25, -0.2) is 4.98 Å². The van der Waals surface area contributed by atoms with Crippen LogP contribution in [0.15, 0.2) is 35.7 Å². The molecule has 1 amide bonds. The average molecular weight is 357 g/mol. The fourth-order valence-electron chi connectivity index (χ4n) is 3.00. The summed E-state index contributed by atoms with van der Waals surface area (Å²) in [5, 5.41) is 3.02. The number of para-hydroxylation sites is 1. The molecule has 1 saturated heterocycles. The van der Waals surface area contributed by atoms with E-state index in [4.69, 9.17) is 10.5 Å². The van der Waals surface area contributed by atoms with Crippen LogP contribution in [0.1, 0.15) is 29.1 Å². The molecule has 0 saturated carbocycles. The van der Waals surface area contributed by atoms with Gasteiger partial charge in [0.15, 0.2) is 0 Å². The van der Waals surface area contributed by atoms with Crippen LogP contribution in [0.2, 0.25) is 0 Å². The van der Waals surface area contributed by atoms with E-state index < -0.39 is 0 Å². The quantitative estimate of drug-likeness (QED) is 0.807.